The second kappa shape index (κ2) is 9.76. The van der Waals surface area contributed by atoms with Crippen LogP contribution in [-0.2, 0) is 0 Å². The van der Waals surface area contributed by atoms with Gasteiger partial charge in [-0.05, 0) is 78.7 Å². The Morgan fingerprint density at radius 3 is 1.82 bits per heavy atom. The summed E-state index contributed by atoms with van der Waals surface area (Å²) >= 11 is 5.41. The molecule has 0 saturated heterocycles. The van der Waals surface area contributed by atoms with Crippen LogP contribution in [0.25, 0.3) is 0 Å². The molecule has 0 aliphatic rings. The number of rotatable bonds is 6. The van der Waals surface area contributed by atoms with Gasteiger partial charge in [0.1, 0.15) is 0 Å². The van der Waals surface area contributed by atoms with E-state index < -0.39 is 0 Å². The largest absolute Gasteiger partial charge is 0.332 e. The molecule has 3 aromatic rings. The molecule has 0 amide bonds. The fraction of sp³-hybridized carbons (Fsp3) is 0.174. The third-order valence-corrected chi connectivity index (χ3v) is 4.72. The molecule has 2 N–H and O–H groups in total. The summed E-state index contributed by atoms with van der Waals surface area (Å²) in [7, 11) is 0. The van der Waals surface area contributed by atoms with Crippen molar-refractivity contribution in [2.24, 2.45) is 10.2 Å². The fourth-order valence-corrected chi connectivity index (χ4v) is 2.88. The number of hydrogen-bond acceptors (Lipinski definition) is 3. The van der Waals surface area contributed by atoms with Crippen molar-refractivity contribution in [1.29, 1.82) is 0 Å². The third kappa shape index (κ3) is 5.72. The van der Waals surface area contributed by atoms with E-state index >= 15 is 0 Å². The van der Waals surface area contributed by atoms with Crippen LogP contribution >= 0.6 is 12.2 Å². The number of nitrogens with zero attached hydrogens (tertiary/aromatic N) is 2. The first-order valence-corrected chi connectivity index (χ1v) is 9.79. The molecule has 4 nitrogen and oxygen atoms in total. The SMILES string of the molecule is CCC(C)c1ccc(NC(=S)Nc2ccc(N=Nc3ccccc3)cc2)cc1. The summed E-state index contributed by atoms with van der Waals surface area (Å²) in [5.41, 5.74) is 4.82. The summed E-state index contributed by atoms with van der Waals surface area (Å²) in [5, 5.41) is 15.4. The maximum atomic E-state index is 5.41. The minimum Gasteiger partial charge on any atom is -0.332 e. The lowest BCUT2D eigenvalue weighted by molar-refractivity contribution is 0.734. The molecule has 142 valence electrons. The number of azo groups is 1. The predicted molar refractivity (Wildman–Crippen MR) is 122 cm³/mol. The molecule has 0 spiro atoms. The van der Waals surface area contributed by atoms with Crippen LogP contribution in [-0.4, -0.2) is 5.11 Å². The molecule has 0 aliphatic heterocycles. The van der Waals surface area contributed by atoms with Crippen molar-refractivity contribution in [3.8, 4) is 0 Å². The molecular formula is C23H24N4S. The van der Waals surface area contributed by atoms with Gasteiger partial charge in [-0.2, -0.15) is 10.2 Å². The maximum absolute atomic E-state index is 5.41. The van der Waals surface area contributed by atoms with Gasteiger partial charge >= 0.3 is 0 Å². The van der Waals surface area contributed by atoms with Crippen LogP contribution in [0.1, 0.15) is 31.7 Å². The zero-order chi connectivity index (χ0) is 19.8. The van der Waals surface area contributed by atoms with E-state index in [1.54, 1.807) is 0 Å². The van der Waals surface area contributed by atoms with Gasteiger partial charge in [0.15, 0.2) is 5.11 Å². The summed E-state index contributed by atoms with van der Waals surface area (Å²) in [6.07, 6.45) is 1.13. The molecule has 0 aliphatic carbocycles. The highest BCUT2D eigenvalue weighted by molar-refractivity contribution is 7.80. The van der Waals surface area contributed by atoms with E-state index in [9.17, 15) is 0 Å². The molecule has 1 unspecified atom stereocenters. The number of benzene rings is 3. The lowest BCUT2D eigenvalue weighted by Crippen LogP contribution is -2.18. The van der Waals surface area contributed by atoms with E-state index in [1.165, 1.54) is 5.56 Å². The second-order valence-corrected chi connectivity index (χ2v) is 7.00. The molecule has 0 fully saturated rings. The van der Waals surface area contributed by atoms with Gasteiger partial charge in [-0.3, -0.25) is 0 Å². The molecule has 28 heavy (non-hydrogen) atoms. The van der Waals surface area contributed by atoms with Crippen LogP contribution in [0.3, 0.4) is 0 Å². The molecule has 0 bridgehead atoms. The van der Waals surface area contributed by atoms with Crippen molar-refractivity contribution in [2.45, 2.75) is 26.2 Å². The molecule has 0 heterocycles. The Morgan fingerprint density at radius 1 is 0.786 bits per heavy atom. The lowest BCUT2D eigenvalue weighted by atomic mass is 9.99. The molecular weight excluding hydrogens is 364 g/mol. The summed E-state index contributed by atoms with van der Waals surface area (Å²) < 4.78 is 0. The molecule has 1 atom stereocenters. The van der Waals surface area contributed by atoms with Crippen LogP contribution in [0.2, 0.25) is 0 Å². The maximum Gasteiger partial charge on any atom is 0.175 e. The van der Waals surface area contributed by atoms with Crippen LogP contribution < -0.4 is 10.6 Å². The standard InChI is InChI=1S/C23H24N4S/c1-3-17(2)18-9-11-19(12-10-18)24-23(28)25-20-13-15-22(16-14-20)27-26-21-7-5-4-6-8-21/h4-17H,3H2,1-2H3,(H2,24,25,28). The van der Waals surface area contributed by atoms with E-state index in [2.05, 4.69) is 59.0 Å². The Kier molecular flexibility index (Phi) is 6.87. The van der Waals surface area contributed by atoms with E-state index in [0.29, 0.717) is 11.0 Å². The van der Waals surface area contributed by atoms with Gasteiger partial charge < -0.3 is 10.6 Å². The number of hydrogen-bond donors (Lipinski definition) is 2. The van der Waals surface area contributed by atoms with Gasteiger partial charge in [0, 0.05) is 11.4 Å². The van der Waals surface area contributed by atoms with Crippen LogP contribution in [0.4, 0.5) is 22.7 Å². The first-order valence-electron chi connectivity index (χ1n) is 9.39. The van der Waals surface area contributed by atoms with E-state index in [4.69, 9.17) is 12.2 Å². The van der Waals surface area contributed by atoms with Crippen molar-refractivity contribution in [1.82, 2.24) is 0 Å². The number of nitrogens with one attached hydrogen (secondary N) is 2. The zero-order valence-electron chi connectivity index (χ0n) is 16.1. The van der Waals surface area contributed by atoms with Crippen molar-refractivity contribution >= 4 is 40.1 Å². The van der Waals surface area contributed by atoms with Crippen molar-refractivity contribution in [2.75, 3.05) is 10.6 Å². The molecule has 5 heteroatoms. The first-order chi connectivity index (χ1) is 13.6. The second-order valence-electron chi connectivity index (χ2n) is 6.59. The molecule has 0 radical (unpaired) electrons. The minimum absolute atomic E-state index is 0.551. The molecule has 3 aromatic carbocycles. The van der Waals surface area contributed by atoms with Gasteiger partial charge in [0.05, 0.1) is 11.4 Å². The van der Waals surface area contributed by atoms with E-state index in [1.807, 2.05) is 54.6 Å². The quantitative estimate of drug-likeness (QED) is 0.341. The number of thiocarbonyl (C=S) groups is 1. The predicted octanol–water partition coefficient (Wildman–Crippen LogP) is 7.42. The van der Waals surface area contributed by atoms with E-state index in [0.717, 1.165) is 29.2 Å². The fourth-order valence-electron chi connectivity index (χ4n) is 2.65. The monoisotopic (exact) mass is 388 g/mol. The van der Waals surface area contributed by atoms with Gasteiger partial charge in [0.25, 0.3) is 0 Å². The highest BCUT2D eigenvalue weighted by Gasteiger charge is 2.04. The Labute approximate surface area is 171 Å². The van der Waals surface area contributed by atoms with Crippen LogP contribution in [0.5, 0.6) is 0 Å². The Bertz CT molecular complexity index is 919. The highest BCUT2D eigenvalue weighted by Crippen LogP contribution is 2.22. The smallest absolute Gasteiger partial charge is 0.175 e. The van der Waals surface area contributed by atoms with Crippen LogP contribution in [0.15, 0.2) is 89.1 Å². The summed E-state index contributed by atoms with van der Waals surface area (Å²) in [6, 6.07) is 25.7. The highest BCUT2D eigenvalue weighted by atomic mass is 32.1. The van der Waals surface area contributed by atoms with Gasteiger partial charge in [0.2, 0.25) is 0 Å². The van der Waals surface area contributed by atoms with Gasteiger partial charge in [-0.15, -0.1) is 0 Å². The summed E-state index contributed by atoms with van der Waals surface area (Å²) in [5.74, 6) is 0.566. The lowest BCUT2D eigenvalue weighted by Gasteiger charge is -2.13. The Balaban J connectivity index is 1.55. The van der Waals surface area contributed by atoms with Gasteiger partial charge in [-0.25, -0.2) is 0 Å². The summed E-state index contributed by atoms with van der Waals surface area (Å²) in [6.45, 7) is 4.43. The normalized spacial score (nSPS) is 11.9. The topological polar surface area (TPSA) is 48.8 Å². The molecule has 3 rings (SSSR count). The van der Waals surface area contributed by atoms with E-state index in [-0.39, 0.29) is 0 Å². The Hall–Kier alpha value is -3.05. The zero-order valence-corrected chi connectivity index (χ0v) is 16.9. The third-order valence-electron chi connectivity index (χ3n) is 4.51. The average Bonchev–Trinajstić information content (AvgIpc) is 2.74. The minimum atomic E-state index is 0.551. The van der Waals surface area contributed by atoms with Crippen molar-refractivity contribution in [3.05, 3.63) is 84.4 Å². The first kappa shape index (κ1) is 19.7. The average molecular weight is 389 g/mol. The molecule has 0 saturated carbocycles. The summed E-state index contributed by atoms with van der Waals surface area (Å²) in [4.78, 5) is 0. The Morgan fingerprint density at radius 2 is 1.29 bits per heavy atom. The van der Waals surface area contributed by atoms with Crippen LogP contribution in [0, 0.1) is 0 Å². The van der Waals surface area contributed by atoms with Crippen molar-refractivity contribution < 1.29 is 0 Å². The van der Waals surface area contributed by atoms with Crippen molar-refractivity contribution in [3.63, 3.8) is 0 Å². The number of anilines is 2. The molecule has 0 aromatic heterocycles. The van der Waals surface area contributed by atoms with Gasteiger partial charge in [-0.1, -0.05) is 44.2 Å².